The van der Waals surface area contributed by atoms with Crippen molar-refractivity contribution < 1.29 is 4.74 Å². The second-order valence-corrected chi connectivity index (χ2v) is 7.55. The summed E-state index contributed by atoms with van der Waals surface area (Å²) in [4.78, 5) is 4.83. The van der Waals surface area contributed by atoms with Gasteiger partial charge in [-0.25, -0.2) is 4.98 Å². The van der Waals surface area contributed by atoms with Crippen molar-refractivity contribution in [1.29, 1.82) is 5.26 Å². The Morgan fingerprint density at radius 1 is 1.31 bits per heavy atom. The average Bonchev–Trinajstić information content (AvgIpc) is 3.41. The zero-order valence-electron chi connectivity index (χ0n) is 15.5. The van der Waals surface area contributed by atoms with E-state index >= 15 is 0 Å². The van der Waals surface area contributed by atoms with E-state index in [-0.39, 0.29) is 0 Å². The van der Waals surface area contributed by atoms with E-state index in [0.29, 0.717) is 30.0 Å². The zero-order chi connectivity index (χ0) is 18.1. The molecule has 0 spiro atoms. The summed E-state index contributed by atoms with van der Waals surface area (Å²) in [6.07, 6.45) is 4.32. The lowest BCUT2D eigenvalue weighted by atomic mass is 9.87. The first-order valence-corrected chi connectivity index (χ1v) is 9.60. The number of nitriles is 1. The van der Waals surface area contributed by atoms with Gasteiger partial charge in [0.1, 0.15) is 17.6 Å². The number of pyridine rings is 1. The number of rotatable bonds is 5. The largest absolute Gasteiger partial charge is 0.494 e. The Balaban J connectivity index is 1.48. The molecular weight excluding hydrogens is 322 g/mol. The lowest BCUT2D eigenvalue weighted by molar-refractivity contribution is 0.340. The minimum atomic E-state index is 0.353. The van der Waals surface area contributed by atoms with Gasteiger partial charge in [-0.2, -0.15) is 5.26 Å². The molecule has 4 heteroatoms. The number of benzene rings is 1. The Morgan fingerprint density at radius 3 is 2.85 bits per heavy atom. The summed E-state index contributed by atoms with van der Waals surface area (Å²) in [5, 5.41) is 13.0. The summed E-state index contributed by atoms with van der Waals surface area (Å²) in [7, 11) is 0. The molecule has 1 fully saturated rings. The molecule has 0 radical (unpaired) electrons. The van der Waals surface area contributed by atoms with Gasteiger partial charge in [0, 0.05) is 17.7 Å². The maximum atomic E-state index is 9.53. The third-order valence-corrected chi connectivity index (χ3v) is 5.49. The molecule has 26 heavy (non-hydrogen) atoms. The molecule has 0 bridgehead atoms. The summed E-state index contributed by atoms with van der Waals surface area (Å²) in [5.74, 6) is 2.83. The average molecular weight is 347 g/mol. The van der Waals surface area contributed by atoms with E-state index in [9.17, 15) is 5.26 Å². The van der Waals surface area contributed by atoms with Crippen LogP contribution in [0.5, 0.6) is 5.75 Å². The first-order valence-electron chi connectivity index (χ1n) is 9.60. The highest BCUT2D eigenvalue weighted by atomic mass is 16.5. The van der Waals surface area contributed by atoms with Gasteiger partial charge in [-0.1, -0.05) is 19.1 Å². The molecule has 2 aliphatic rings. The second-order valence-electron chi connectivity index (χ2n) is 7.55. The van der Waals surface area contributed by atoms with Crippen LogP contribution in [0, 0.1) is 17.2 Å². The molecule has 0 saturated heterocycles. The Labute approximate surface area is 155 Å². The van der Waals surface area contributed by atoms with E-state index in [1.54, 1.807) is 0 Å². The van der Waals surface area contributed by atoms with Crippen LogP contribution in [0.4, 0.5) is 5.82 Å². The SMILES string of the molecule is CCOc1ccc([C@@H]2C[C@H]2Nc2nc3c(cc2C#N)CCC(C)C3)cc1. The molecule has 4 rings (SSSR count). The van der Waals surface area contributed by atoms with Gasteiger partial charge in [0.2, 0.25) is 0 Å². The molecule has 0 aliphatic heterocycles. The van der Waals surface area contributed by atoms with Gasteiger partial charge in [-0.05, 0) is 67.9 Å². The number of nitrogens with zero attached hydrogens (tertiary/aromatic N) is 2. The van der Waals surface area contributed by atoms with Crippen molar-refractivity contribution in [2.75, 3.05) is 11.9 Å². The van der Waals surface area contributed by atoms with Gasteiger partial charge in [0.05, 0.1) is 12.2 Å². The molecule has 3 atom stereocenters. The summed E-state index contributed by atoms with van der Waals surface area (Å²) in [6.45, 7) is 4.96. The van der Waals surface area contributed by atoms with Crippen LogP contribution in [-0.2, 0) is 12.8 Å². The lowest BCUT2D eigenvalue weighted by Gasteiger charge is -2.22. The fourth-order valence-corrected chi connectivity index (χ4v) is 3.89. The quantitative estimate of drug-likeness (QED) is 0.868. The Kier molecular flexibility index (Phi) is 4.55. The number of nitrogens with one attached hydrogen (secondary N) is 1. The molecule has 2 aliphatic carbocycles. The lowest BCUT2D eigenvalue weighted by Crippen LogP contribution is -2.16. The molecule has 0 amide bonds. The standard InChI is InChI=1S/C22H25N3O/c1-3-26-18-8-6-15(7-9-18)19-12-21(19)25-22-17(13-23)11-16-5-4-14(2)10-20(16)24-22/h6-9,11,14,19,21H,3-5,10,12H2,1-2H3,(H,24,25)/t14?,19-,21+/m0/s1. The van der Waals surface area contributed by atoms with E-state index in [4.69, 9.17) is 9.72 Å². The van der Waals surface area contributed by atoms with Crippen molar-refractivity contribution in [2.24, 2.45) is 5.92 Å². The fourth-order valence-electron chi connectivity index (χ4n) is 3.89. The maximum absolute atomic E-state index is 9.53. The smallest absolute Gasteiger partial charge is 0.144 e. The Morgan fingerprint density at radius 2 is 2.12 bits per heavy atom. The van der Waals surface area contributed by atoms with Crippen LogP contribution in [0.3, 0.4) is 0 Å². The van der Waals surface area contributed by atoms with Crippen LogP contribution in [0.2, 0.25) is 0 Å². The second kappa shape index (κ2) is 6.99. The normalized spacial score (nSPS) is 23.7. The third-order valence-electron chi connectivity index (χ3n) is 5.49. The zero-order valence-corrected chi connectivity index (χ0v) is 15.5. The number of hydrogen-bond donors (Lipinski definition) is 1. The molecule has 1 saturated carbocycles. The van der Waals surface area contributed by atoms with E-state index in [1.165, 1.54) is 23.2 Å². The first kappa shape index (κ1) is 16.9. The van der Waals surface area contributed by atoms with Crippen LogP contribution in [0.1, 0.15) is 55.0 Å². The summed E-state index contributed by atoms with van der Waals surface area (Å²) in [5.41, 5.74) is 4.42. The van der Waals surface area contributed by atoms with Crippen molar-refractivity contribution in [1.82, 2.24) is 4.98 Å². The third kappa shape index (κ3) is 3.39. The van der Waals surface area contributed by atoms with Crippen molar-refractivity contribution in [3.8, 4) is 11.8 Å². The highest BCUT2D eigenvalue weighted by Crippen LogP contribution is 2.43. The van der Waals surface area contributed by atoms with E-state index in [2.05, 4.69) is 30.4 Å². The van der Waals surface area contributed by atoms with Crippen molar-refractivity contribution in [3.05, 3.63) is 52.7 Å². The number of fused-ring (bicyclic) bond motifs is 1. The summed E-state index contributed by atoms with van der Waals surface area (Å²) >= 11 is 0. The molecule has 2 aromatic rings. The number of aryl methyl sites for hydroxylation is 1. The van der Waals surface area contributed by atoms with Crippen molar-refractivity contribution in [3.63, 3.8) is 0 Å². The minimum Gasteiger partial charge on any atom is -0.494 e. The molecule has 1 heterocycles. The van der Waals surface area contributed by atoms with Gasteiger partial charge >= 0.3 is 0 Å². The van der Waals surface area contributed by atoms with Crippen LogP contribution in [0.25, 0.3) is 0 Å². The molecule has 1 unspecified atom stereocenters. The van der Waals surface area contributed by atoms with Crippen LogP contribution >= 0.6 is 0 Å². The van der Waals surface area contributed by atoms with Gasteiger partial charge < -0.3 is 10.1 Å². The molecule has 4 nitrogen and oxygen atoms in total. The van der Waals surface area contributed by atoms with Crippen molar-refractivity contribution in [2.45, 2.75) is 51.5 Å². The van der Waals surface area contributed by atoms with E-state index in [0.717, 1.165) is 30.8 Å². The van der Waals surface area contributed by atoms with E-state index in [1.807, 2.05) is 25.1 Å². The molecule has 1 aromatic heterocycles. The van der Waals surface area contributed by atoms with Gasteiger partial charge in [-0.15, -0.1) is 0 Å². The number of ether oxygens (including phenoxy) is 1. The highest BCUT2D eigenvalue weighted by Gasteiger charge is 2.39. The maximum Gasteiger partial charge on any atom is 0.144 e. The van der Waals surface area contributed by atoms with Gasteiger partial charge in [0.15, 0.2) is 0 Å². The molecule has 1 aromatic carbocycles. The number of anilines is 1. The van der Waals surface area contributed by atoms with Gasteiger partial charge in [-0.3, -0.25) is 0 Å². The van der Waals surface area contributed by atoms with Gasteiger partial charge in [0.25, 0.3) is 0 Å². The van der Waals surface area contributed by atoms with Crippen molar-refractivity contribution >= 4 is 5.82 Å². The first-order chi connectivity index (χ1) is 12.7. The highest BCUT2D eigenvalue weighted by molar-refractivity contribution is 5.56. The predicted octanol–water partition coefficient (Wildman–Crippen LogP) is 4.44. The molecule has 1 N–H and O–H groups in total. The van der Waals surface area contributed by atoms with Crippen LogP contribution in [-0.4, -0.2) is 17.6 Å². The number of aromatic nitrogens is 1. The predicted molar refractivity (Wildman–Crippen MR) is 103 cm³/mol. The van der Waals surface area contributed by atoms with Crippen LogP contribution < -0.4 is 10.1 Å². The monoisotopic (exact) mass is 347 g/mol. The Hall–Kier alpha value is -2.54. The minimum absolute atomic E-state index is 0.353. The molecular formula is C22H25N3O. The summed E-state index contributed by atoms with van der Waals surface area (Å²) < 4.78 is 5.51. The summed E-state index contributed by atoms with van der Waals surface area (Å²) in [6, 6.07) is 13.1. The Bertz CT molecular complexity index is 838. The van der Waals surface area contributed by atoms with Crippen LogP contribution in [0.15, 0.2) is 30.3 Å². The topological polar surface area (TPSA) is 57.9 Å². The van der Waals surface area contributed by atoms with E-state index < -0.39 is 0 Å². The molecule has 134 valence electrons. The number of hydrogen-bond acceptors (Lipinski definition) is 4. The fraction of sp³-hybridized carbons (Fsp3) is 0.455.